The Kier molecular flexibility index (Phi) is 8.04. The number of anilines is 1. The molecule has 0 bridgehead atoms. The SMILES string of the molecule is CCC[C@H]([NH3+])C(=O)Nc1ccc(Br)cc1C(=O)c1ccccn1.[Cl-]. The zero-order valence-electron chi connectivity index (χ0n) is 13.3. The Morgan fingerprint density at radius 1 is 1.29 bits per heavy atom. The third kappa shape index (κ3) is 5.12. The number of carbonyl (C=O) groups excluding carboxylic acids is 2. The smallest absolute Gasteiger partial charge is 0.282 e. The van der Waals surface area contributed by atoms with Crippen LogP contribution in [-0.4, -0.2) is 22.7 Å². The summed E-state index contributed by atoms with van der Waals surface area (Å²) in [5.41, 5.74) is 5.06. The fraction of sp³-hybridized carbons (Fsp3) is 0.235. The van der Waals surface area contributed by atoms with Crippen molar-refractivity contribution in [1.29, 1.82) is 0 Å². The van der Waals surface area contributed by atoms with Crippen LogP contribution in [-0.2, 0) is 4.79 Å². The maximum absolute atomic E-state index is 12.6. The van der Waals surface area contributed by atoms with Gasteiger partial charge in [-0.25, -0.2) is 0 Å². The number of nitrogens with zero attached hydrogens (tertiary/aromatic N) is 1. The molecule has 5 nitrogen and oxygen atoms in total. The quantitative estimate of drug-likeness (QED) is 0.623. The summed E-state index contributed by atoms with van der Waals surface area (Å²) in [5, 5.41) is 2.80. The molecule has 7 heteroatoms. The third-order valence-corrected chi connectivity index (χ3v) is 3.88. The van der Waals surface area contributed by atoms with Gasteiger partial charge < -0.3 is 23.5 Å². The van der Waals surface area contributed by atoms with E-state index in [0.717, 1.165) is 10.9 Å². The second-order valence-corrected chi connectivity index (χ2v) is 6.12. The summed E-state index contributed by atoms with van der Waals surface area (Å²) < 4.78 is 0.759. The van der Waals surface area contributed by atoms with Crippen LogP contribution in [0.5, 0.6) is 0 Å². The van der Waals surface area contributed by atoms with Gasteiger partial charge in [0.05, 0.1) is 5.69 Å². The molecule has 0 aliphatic carbocycles. The first kappa shape index (κ1) is 20.3. The molecular weight excluding hydrogens is 394 g/mol. The Bertz CT molecular complexity index is 710. The Morgan fingerprint density at radius 2 is 2.04 bits per heavy atom. The van der Waals surface area contributed by atoms with E-state index in [2.05, 4.69) is 32.0 Å². The number of halogens is 2. The van der Waals surface area contributed by atoms with Crippen LogP contribution < -0.4 is 23.5 Å². The van der Waals surface area contributed by atoms with E-state index in [1.54, 1.807) is 42.6 Å². The van der Waals surface area contributed by atoms with Gasteiger partial charge in [-0.15, -0.1) is 0 Å². The molecular formula is C17H19BrClN3O2. The van der Waals surface area contributed by atoms with Gasteiger partial charge in [-0.3, -0.25) is 14.6 Å². The summed E-state index contributed by atoms with van der Waals surface area (Å²) in [4.78, 5) is 28.9. The van der Waals surface area contributed by atoms with E-state index in [1.807, 2.05) is 6.92 Å². The van der Waals surface area contributed by atoms with E-state index in [0.29, 0.717) is 23.4 Å². The lowest BCUT2D eigenvalue weighted by molar-refractivity contribution is -0.403. The number of nitrogens with one attached hydrogen (secondary N) is 1. The molecule has 0 saturated carbocycles. The summed E-state index contributed by atoms with van der Waals surface area (Å²) >= 11 is 3.36. The first-order chi connectivity index (χ1) is 11.0. The molecule has 2 aromatic rings. The maximum atomic E-state index is 12.6. The molecule has 1 aromatic carbocycles. The number of carbonyl (C=O) groups is 2. The lowest BCUT2D eigenvalue weighted by Crippen LogP contribution is -3.00. The van der Waals surface area contributed by atoms with Crippen molar-refractivity contribution in [3.05, 3.63) is 58.3 Å². The highest BCUT2D eigenvalue weighted by atomic mass is 79.9. The fourth-order valence-electron chi connectivity index (χ4n) is 2.16. The van der Waals surface area contributed by atoms with Gasteiger partial charge in [0.25, 0.3) is 5.91 Å². The van der Waals surface area contributed by atoms with Crippen LogP contribution in [0.15, 0.2) is 47.1 Å². The van der Waals surface area contributed by atoms with Crippen LogP contribution in [0.1, 0.15) is 35.8 Å². The number of benzene rings is 1. The fourth-order valence-corrected chi connectivity index (χ4v) is 2.52. The number of quaternary nitrogens is 1. The molecule has 0 aliphatic heterocycles. The topological polar surface area (TPSA) is 86.7 Å². The standard InChI is InChI=1S/C17H18BrN3O2.ClH/c1-2-5-13(19)17(23)21-14-8-7-11(18)10-12(14)16(22)15-6-3-4-9-20-15;/h3-4,6-10,13H,2,5,19H2,1H3,(H,21,23);1H/t13-;/m0./s1. The Morgan fingerprint density at radius 3 is 2.67 bits per heavy atom. The minimum Gasteiger partial charge on any atom is -1.00 e. The van der Waals surface area contributed by atoms with E-state index in [4.69, 9.17) is 0 Å². The highest BCUT2D eigenvalue weighted by molar-refractivity contribution is 9.10. The van der Waals surface area contributed by atoms with Gasteiger partial charge in [-0.05, 0) is 36.8 Å². The number of ketones is 1. The molecule has 1 heterocycles. The van der Waals surface area contributed by atoms with Crippen LogP contribution in [0.25, 0.3) is 0 Å². The molecule has 4 N–H and O–H groups in total. The Labute approximate surface area is 155 Å². The molecule has 1 aromatic heterocycles. The van der Waals surface area contributed by atoms with Gasteiger partial charge in [0.1, 0.15) is 5.69 Å². The van der Waals surface area contributed by atoms with Crippen LogP contribution in [0, 0.1) is 0 Å². The molecule has 128 valence electrons. The van der Waals surface area contributed by atoms with E-state index >= 15 is 0 Å². The second-order valence-electron chi connectivity index (χ2n) is 5.21. The molecule has 0 unspecified atom stereocenters. The van der Waals surface area contributed by atoms with Crippen molar-refractivity contribution in [2.75, 3.05) is 5.32 Å². The van der Waals surface area contributed by atoms with Gasteiger partial charge in [0.15, 0.2) is 6.04 Å². The number of aromatic nitrogens is 1. The van der Waals surface area contributed by atoms with Gasteiger partial charge in [0.2, 0.25) is 5.78 Å². The predicted octanol–water partition coefficient (Wildman–Crippen LogP) is -0.572. The van der Waals surface area contributed by atoms with Crippen molar-refractivity contribution in [1.82, 2.24) is 4.98 Å². The summed E-state index contributed by atoms with van der Waals surface area (Å²) in [6.45, 7) is 2.00. The summed E-state index contributed by atoms with van der Waals surface area (Å²) in [6, 6.07) is 9.98. The molecule has 0 fully saturated rings. The zero-order valence-corrected chi connectivity index (χ0v) is 15.6. The van der Waals surface area contributed by atoms with Crippen molar-refractivity contribution >= 4 is 33.3 Å². The lowest BCUT2D eigenvalue weighted by Gasteiger charge is -2.12. The minimum absolute atomic E-state index is 0. The summed E-state index contributed by atoms with van der Waals surface area (Å²) in [7, 11) is 0. The monoisotopic (exact) mass is 411 g/mol. The van der Waals surface area contributed by atoms with Crippen molar-refractivity contribution < 1.29 is 27.7 Å². The Balaban J connectivity index is 0.00000288. The maximum Gasteiger partial charge on any atom is 0.282 e. The van der Waals surface area contributed by atoms with Crippen LogP contribution >= 0.6 is 15.9 Å². The summed E-state index contributed by atoms with van der Waals surface area (Å²) in [5.74, 6) is -0.428. The third-order valence-electron chi connectivity index (χ3n) is 3.39. The zero-order chi connectivity index (χ0) is 16.8. The first-order valence-electron chi connectivity index (χ1n) is 7.42. The van der Waals surface area contributed by atoms with E-state index in [1.165, 1.54) is 0 Å². The molecule has 0 spiro atoms. The van der Waals surface area contributed by atoms with Gasteiger partial charge >= 0.3 is 0 Å². The normalized spacial score (nSPS) is 11.3. The van der Waals surface area contributed by atoms with Crippen molar-refractivity contribution in [2.24, 2.45) is 0 Å². The minimum atomic E-state index is -0.346. The van der Waals surface area contributed by atoms with E-state index in [-0.39, 0.29) is 30.1 Å². The lowest BCUT2D eigenvalue weighted by atomic mass is 10.0. The molecule has 0 saturated heterocycles. The van der Waals surface area contributed by atoms with Crippen molar-refractivity contribution in [2.45, 2.75) is 25.8 Å². The number of amides is 1. The predicted molar refractivity (Wildman–Crippen MR) is 92.0 cm³/mol. The van der Waals surface area contributed by atoms with Gasteiger partial charge in [0, 0.05) is 22.7 Å². The average Bonchev–Trinajstić information content (AvgIpc) is 2.56. The van der Waals surface area contributed by atoms with Crippen molar-refractivity contribution in [3.8, 4) is 0 Å². The molecule has 0 aliphatic rings. The molecule has 1 amide bonds. The first-order valence-corrected chi connectivity index (χ1v) is 8.21. The van der Waals surface area contributed by atoms with Gasteiger partial charge in [-0.2, -0.15) is 0 Å². The number of hydrogen-bond acceptors (Lipinski definition) is 3. The van der Waals surface area contributed by atoms with Crippen LogP contribution in [0.2, 0.25) is 0 Å². The Hall–Kier alpha value is -1.76. The van der Waals surface area contributed by atoms with Crippen LogP contribution in [0.4, 0.5) is 5.69 Å². The summed E-state index contributed by atoms with van der Waals surface area (Å²) in [6.07, 6.45) is 3.14. The average molecular weight is 413 g/mol. The van der Waals surface area contributed by atoms with Gasteiger partial charge in [-0.1, -0.05) is 28.9 Å². The van der Waals surface area contributed by atoms with Crippen molar-refractivity contribution in [3.63, 3.8) is 0 Å². The number of pyridine rings is 1. The molecule has 1 atom stereocenters. The largest absolute Gasteiger partial charge is 1.00 e. The molecule has 0 radical (unpaired) electrons. The van der Waals surface area contributed by atoms with Crippen LogP contribution in [0.3, 0.4) is 0 Å². The highest BCUT2D eigenvalue weighted by Gasteiger charge is 2.20. The van der Waals surface area contributed by atoms with E-state index in [9.17, 15) is 9.59 Å². The second kappa shape index (κ2) is 9.52. The molecule has 24 heavy (non-hydrogen) atoms. The highest BCUT2D eigenvalue weighted by Crippen LogP contribution is 2.23. The number of rotatable bonds is 6. The number of hydrogen-bond donors (Lipinski definition) is 2. The van der Waals surface area contributed by atoms with E-state index < -0.39 is 0 Å². The molecule has 2 rings (SSSR count).